The maximum Gasteiger partial charge on any atom is 0.174 e. The molecule has 3 nitrogen and oxygen atoms in total. The van der Waals surface area contributed by atoms with Crippen molar-refractivity contribution in [1.82, 2.24) is 10.2 Å². The Hall–Kier alpha value is -0.190. The van der Waals surface area contributed by atoms with Gasteiger partial charge in [-0.1, -0.05) is 30.1 Å². The van der Waals surface area contributed by atoms with Crippen LogP contribution in [-0.2, 0) is 0 Å². The van der Waals surface area contributed by atoms with Gasteiger partial charge in [-0.15, -0.1) is 10.2 Å². The van der Waals surface area contributed by atoms with Crippen LogP contribution in [0.25, 0.3) is 0 Å². The molecule has 0 aliphatic rings. The molecule has 0 spiro atoms. The molecule has 0 saturated carbocycles. The molecule has 1 heterocycles. The lowest BCUT2D eigenvalue weighted by molar-refractivity contribution is 0.904. The average Bonchev–Trinajstić information content (AvgIpc) is 2.20. The summed E-state index contributed by atoms with van der Waals surface area (Å²) < 4.78 is 0. The van der Waals surface area contributed by atoms with E-state index in [0.29, 0.717) is 16.3 Å². The minimum atomic E-state index is 0.327. The fourth-order valence-electron chi connectivity index (χ4n) is 1.06. The molecular formula is C9H13Cl2N3S. The monoisotopic (exact) mass is 265 g/mol. The first-order valence-corrected chi connectivity index (χ1v) is 6.57. The Balaban J connectivity index is 2.59. The second kappa shape index (κ2) is 6.40. The van der Waals surface area contributed by atoms with E-state index in [4.69, 9.17) is 23.2 Å². The SMILES string of the molecule is CCSCC(C)Nc1cc(Cl)nnc1Cl. The van der Waals surface area contributed by atoms with E-state index in [1.807, 2.05) is 11.8 Å². The van der Waals surface area contributed by atoms with Crippen LogP contribution >= 0.6 is 35.0 Å². The number of thioether (sulfide) groups is 1. The standard InChI is InChI=1S/C9H13Cl2N3S/c1-3-15-5-6(2)12-7-4-8(10)13-14-9(7)11/h4,6H,3,5H2,1-2H3,(H,12,13). The van der Waals surface area contributed by atoms with E-state index in [9.17, 15) is 0 Å². The van der Waals surface area contributed by atoms with Gasteiger partial charge in [0.05, 0.1) is 5.69 Å². The third-order valence-corrected chi connectivity index (χ3v) is 3.30. The van der Waals surface area contributed by atoms with Crippen LogP contribution in [0.5, 0.6) is 0 Å². The summed E-state index contributed by atoms with van der Waals surface area (Å²) >= 11 is 13.5. The molecule has 0 aliphatic heterocycles. The lowest BCUT2D eigenvalue weighted by Crippen LogP contribution is -2.18. The van der Waals surface area contributed by atoms with Crippen LogP contribution in [0.1, 0.15) is 13.8 Å². The molecule has 0 aromatic carbocycles. The quantitative estimate of drug-likeness (QED) is 0.887. The van der Waals surface area contributed by atoms with Crippen molar-refractivity contribution in [1.29, 1.82) is 0 Å². The van der Waals surface area contributed by atoms with Gasteiger partial charge in [0.1, 0.15) is 0 Å². The summed E-state index contributed by atoms with van der Waals surface area (Å²) in [4.78, 5) is 0. The van der Waals surface area contributed by atoms with Crippen LogP contribution in [-0.4, -0.2) is 27.7 Å². The zero-order chi connectivity index (χ0) is 11.3. The Morgan fingerprint density at radius 3 is 2.87 bits per heavy atom. The molecule has 0 aliphatic carbocycles. The number of rotatable bonds is 5. The van der Waals surface area contributed by atoms with Gasteiger partial charge in [-0.3, -0.25) is 0 Å². The van der Waals surface area contributed by atoms with Gasteiger partial charge in [-0.2, -0.15) is 11.8 Å². The lowest BCUT2D eigenvalue weighted by Gasteiger charge is -2.14. The van der Waals surface area contributed by atoms with Crippen molar-refractivity contribution in [2.45, 2.75) is 19.9 Å². The van der Waals surface area contributed by atoms with Crippen molar-refractivity contribution >= 4 is 40.7 Å². The van der Waals surface area contributed by atoms with E-state index in [1.165, 1.54) is 0 Å². The highest BCUT2D eigenvalue weighted by Crippen LogP contribution is 2.22. The highest BCUT2D eigenvalue weighted by molar-refractivity contribution is 7.99. The number of anilines is 1. The molecule has 0 amide bonds. The normalized spacial score (nSPS) is 12.5. The van der Waals surface area contributed by atoms with Crippen molar-refractivity contribution < 1.29 is 0 Å². The summed E-state index contributed by atoms with van der Waals surface area (Å²) in [6.45, 7) is 4.22. The van der Waals surface area contributed by atoms with Crippen LogP contribution in [0.15, 0.2) is 6.07 Å². The van der Waals surface area contributed by atoms with Gasteiger partial charge in [0.2, 0.25) is 0 Å². The first-order chi connectivity index (χ1) is 7.13. The Morgan fingerprint density at radius 2 is 2.20 bits per heavy atom. The van der Waals surface area contributed by atoms with Crippen molar-refractivity contribution in [2.75, 3.05) is 16.8 Å². The largest absolute Gasteiger partial charge is 0.379 e. The summed E-state index contributed by atoms with van der Waals surface area (Å²) in [5.74, 6) is 2.13. The Morgan fingerprint density at radius 1 is 1.47 bits per heavy atom. The summed E-state index contributed by atoms with van der Waals surface area (Å²) in [7, 11) is 0. The van der Waals surface area contributed by atoms with E-state index in [-0.39, 0.29) is 0 Å². The van der Waals surface area contributed by atoms with Gasteiger partial charge in [-0.25, -0.2) is 0 Å². The number of hydrogen-bond donors (Lipinski definition) is 1. The zero-order valence-corrected chi connectivity index (χ0v) is 11.0. The van der Waals surface area contributed by atoms with Gasteiger partial charge < -0.3 is 5.32 Å². The summed E-state index contributed by atoms with van der Waals surface area (Å²) in [6.07, 6.45) is 0. The number of halogens is 2. The van der Waals surface area contributed by atoms with E-state index >= 15 is 0 Å². The van der Waals surface area contributed by atoms with Crippen LogP contribution in [0.4, 0.5) is 5.69 Å². The van der Waals surface area contributed by atoms with Crippen molar-refractivity contribution in [2.24, 2.45) is 0 Å². The Kier molecular flexibility index (Phi) is 5.50. The molecule has 1 aromatic rings. The predicted octanol–water partition coefficient (Wildman–Crippen LogP) is 3.34. The van der Waals surface area contributed by atoms with E-state index in [2.05, 4.69) is 29.4 Å². The molecule has 0 radical (unpaired) electrons. The number of nitrogens with zero attached hydrogens (tertiary/aromatic N) is 2. The summed E-state index contributed by atoms with van der Waals surface area (Å²) in [6, 6.07) is 2.01. The molecule has 6 heteroatoms. The predicted molar refractivity (Wildman–Crippen MR) is 68.1 cm³/mol. The molecular weight excluding hydrogens is 253 g/mol. The van der Waals surface area contributed by atoms with Crippen LogP contribution in [0.2, 0.25) is 10.3 Å². The van der Waals surface area contributed by atoms with E-state index in [1.54, 1.807) is 6.07 Å². The molecule has 1 atom stereocenters. The molecule has 0 fully saturated rings. The lowest BCUT2D eigenvalue weighted by atomic mass is 10.3. The minimum absolute atomic E-state index is 0.327. The number of hydrogen-bond acceptors (Lipinski definition) is 4. The third kappa shape index (κ3) is 4.45. The van der Waals surface area contributed by atoms with Gasteiger partial charge >= 0.3 is 0 Å². The van der Waals surface area contributed by atoms with Gasteiger partial charge in [0, 0.05) is 17.9 Å². The highest BCUT2D eigenvalue weighted by atomic mass is 35.5. The average molecular weight is 266 g/mol. The first kappa shape index (κ1) is 12.9. The van der Waals surface area contributed by atoms with Crippen molar-refractivity contribution in [3.05, 3.63) is 16.4 Å². The van der Waals surface area contributed by atoms with Gasteiger partial charge in [0.15, 0.2) is 10.3 Å². The number of aromatic nitrogens is 2. The van der Waals surface area contributed by atoms with Crippen LogP contribution in [0, 0.1) is 0 Å². The zero-order valence-electron chi connectivity index (χ0n) is 8.63. The second-order valence-corrected chi connectivity index (χ2v) is 5.14. The van der Waals surface area contributed by atoms with Crippen LogP contribution < -0.4 is 5.32 Å². The van der Waals surface area contributed by atoms with Gasteiger partial charge in [0.25, 0.3) is 0 Å². The Bertz CT molecular complexity index is 322. The minimum Gasteiger partial charge on any atom is -0.379 e. The number of nitrogens with one attached hydrogen (secondary N) is 1. The fraction of sp³-hybridized carbons (Fsp3) is 0.556. The summed E-state index contributed by atoms with van der Waals surface area (Å²) in [5, 5.41) is 11.3. The topological polar surface area (TPSA) is 37.8 Å². The van der Waals surface area contributed by atoms with E-state index < -0.39 is 0 Å². The summed E-state index contributed by atoms with van der Waals surface area (Å²) in [5.41, 5.74) is 0.737. The van der Waals surface area contributed by atoms with Crippen molar-refractivity contribution in [3.8, 4) is 0 Å². The molecule has 84 valence electrons. The smallest absolute Gasteiger partial charge is 0.174 e. The van der Waals surface area contributed by atoms with E-state index in [0.717, 1.165) is 17.2 Å². The molecule has 1 N–H and O–H groups in total. The molecule has 0 saturated heterocycles. The molecule has 1 aromatic heterocycles. The molecule has 1 unspecified atom stereocenters. The van der Waals surface area contributed by atoms with Crippen molar-refractivity contribution in [3.63, 3.8) is 0 Å². The highest BCUT2D eigenvalue weighted by Gasteiger charge is 2.07. The Labute approximate surface area is 104 Å². The fourth-order valence-corrected chi connectivity index (χ4v) is 2.02. The molecule has 1 rings (SSSR count). The van der Waals surface area contributed by atoms with Gasteiger partial charge in [-0.05, 0) is 12.7 Å². The van der Waals surface area contributed by atoms with Crippen LogP contribution in [0.3, 0.4) is 0 Å². The second-order valence-electron chi connectivity index (χ2n) is 3.08. The maximum absolute atomic E-state index is 5.87. The first-order valence-electron chi connectivity index (χ1n) is 4.66. The molecule has 0 bridgehead atoms. The maximum atomic E-state index is 5.87. The molecule has 15 heavy (non-hydrogen) atoms. The third-order valence-electron chi connectivity index (χ3n) is 1.69.